The molecule has 0 amide bonds. The standard InChI is InChI=1S/C19H16OP.ClH.Ru/c20-16-21(17-10-4-1-5-11-17,18-12-6-2-7-13-18)19-14-8-3-9-15-19;;/h1-16H;1H;/q+1;;. The van der Waals surface area contributed by atoms with Crippen LogP contribution < -0.4 is 15.9 Å². The summed E-state index contributed by atoms with van der Waals surface area (Å²) in [4.78, 5) is 12.3. The Kier molecular flexibility index (Phi) is 7.79. The van der Waals surface area contributed by atoms with Gasteiger partial charge < -0.3 is 0 Å². The van der Waals surface area contributed by atoms with Crippen LogP contribution in [-0.2, 0) is 24.3 Å². The third kappa shape index (κ3) is 3.78. The normalized spacial score (nSPS) is 10.1. The van der Waals surface area contributed by atoms with Crippen LogP contribution in [0.4, 0.5) is 0 Å². The quantitative estimate of drug-likeness (QED) is 0.352. The van der Waals surface area contributed by atoms with E-state index >= 15 is 0 Å². The summed E-state index contributed by atoms with van der Waals surface area (Å²) in [6.07, 6.45) is 0. The molecule has 0 aromatic heterocycles. The first-order valence-electron chi connectivity index (χ1n) is 6.90. The maximum atomic E-state index is 12.3. The van der Waals surface area contributed by atoms with Crippen molar-refractivity contribution in [3.05, 3.63) is 91.0 Å². The van der Waals surface area contributed by atoms with Crippen LogP contribution in [-0.4, -0.2) is 6.03 Å². The van der Waals surface area contributed by atoms with Crippen molar-refractivity contribution in [2.24, 2.45) is 0 Å². The average molecular weight is 429 g/mol. The Hall–Kier alpha value is -1.33. The van der Waals surface area contributed by atoms with Gasteiger partial charge in [-0.05, 0) is 36.4 Å². The molecule has 0 fully saturated rings. The van der Waals surface area contributed by atoms with Gasteiger partial charge in [0.1, 0.15) is 15.9 Å². The summed E-state index contributed by atoms with van der Waals surface area (Å²) in [5.74, 6) is 0. The Morgan fingerprint density at radius 2 is 0.826 bits per heavy atom. The third-order valence-corrected chi connectivity index (χ3v) is 7.30. The molecule has 0 heterocycles. The summed E-state index contributed by atoms with van der Waals surface area (Å²) in [6.45, 7) is 0. The number of halogens is 1. The van der Waals surface area contributed by atoms with Crippen molar-refractivity contribution in [3.63, 3.8) is 0 Å². The number of carbonyl (C=O) groups excluding carboxylic acids is 1. The van der Waals surface area contributed by atoms with Gasteiger partial charge in [-0.3, -0.25) is 4.79 Å². The van der Waals surface area contributed by atoms with Gasteiger partial charge in [0.25, 0.3) is 6.03 Å². The van der Waals surface area contributed by atoms with Gasteiger partial charge in [-0.25, -0.2) is 0 Å². The maximum Gasteiger partial charge on any atom is 0.271 e. The van der Waals surface area contributed by atoms with Crippen LogP contribution >= 0.6 is 19.7 Å². The fourth-order valence-corrected chi connectivity index (χ4v) is 5.81. The van der Waals surface area contributed by atoms with Crippen molar-refractivity contribution in [1.29, 1.82) is 0 Å². The molecule has 3 aromatic carbocycles. The van der Waals surface area contributed by atoms with Crippen LogP contribution in [0.15, 0.2) is 91.0 Å². The number of carbonyl (C=O) groups is 1. The first-order chi connectivity index (χ1) is 10.4. The molecule has 0 saturated heterocycles. The largest absolute Gasteiger partial charge is 0.271 e. The summed E-state index contributed by atoms with van der Waals surface area (Å²) >= 11 is 0. The maximum absolute atomic E-state index is 12.3. The van der Waals surface area contributed by atoms with Gasteiger partial charge in [-0.2, -0.15) is 0 Å². The minimum Gasteiger partial charge on any atom is -0.255 e. The molecule has 3 rings (SSSR count). The van der Waals surface area contributed by atoms with E-state index in [2.05, 4.69) is 36.4 Å². The van der Waals surface area contributed by atoms with E-state index in [1.807, 2.05) is 54.6 Å². The fraction of sp³-hybridized carbons (Fsp3) is 0. The number of rotatable bonds is 4. The van der Waals surface area contributed by atoms with Crippen LogP contribution in [0.5, 0.6) is 0 Å². The zero-order chi connectivity index (χ0) is 14.5. The van der Waals surface area contributed by atoms with Crippen molar-refractivity contribution in [1.82, 2.24) is 0 Å². The van der Waals surface area contributed by atoms with Gasteiger partial charge in [-0.15, -0.1) is 12.4 Å². The van der Waals surface area contributed by atoms with Crippen LogP contribution in [0.25, 0.3) is 0 Å². The molecule has 0 spiro atoms. The second-order valence-electron chi connectivity index (χ2n) is 4.83. The van der Waals surface area contributed by atoms with Gasteiger partial charge in [0.15, 0.2) is 7.26 Å². The van der Waals surface area contributed by atoms with Gasteiger partial charge >= 0.3 is 0 Å². The first-order valence-corrected chi connectivity index (χ1v) is 8.75. The topological polar surface area (TPSA) is 17.1 Å². The first kappa shape index (κ1) is 19.7. The minimum absolute atomic E-state index is 0. The molecule has 0 aliphatic carbocycles. The van der Waals surface area contributed by atoms with Crippen molar-refractivity contribution in [3.8, 4) is 0 Å². The monoisotopic (exact) mass is 429 g/mol. The summed E-state index contributed by atoms with van der Waals surface area (Å²) in [7, 11) is -2.21. The SMILES string of the molecule is Cl.O=C[P+](c1ccccc1)(c1ccccc1)c1ccccc1.[Ru]. The molecule has 0 bridgehead atoms. The number of hydrogen-bond acceptors (Lipinski definition) is 1. The van der Waals surface area contributed by atoms with Gasteiger partial charge in [0.2, 0.25) is 0 Å². The smallest absolute Gasteiger partial charge is 0.255 e. The van der Waals surface area contributed by atoms with Crippen molar-refractivity contribution < 1.29 is 24.3 Å². The molecule has 4 heteroatoms. The van der Waals surface area contributed by atoms with Gasteiger partial charge in [0.05, 0.1) is 0 Å². The summed E-state index contributed by atoms with van der Waals surface area (Å²) in [5.41, 5.74) is 0. The third-order valence-electron chi connectivity index (χ3n) is 3.65. The molecule has 118 valence electrons. The van der Waals surface area contributed by atoms with E-state index in [-0.39, 0.29) is 31.9 Å². The Morgan fingerprint density at radius 3 is 1.04 bits per heavy atom. The Bertz CT molecular complexity index is 623. The summed E-state index contributed by atoms with van der Waals surface area (Å²) in [5, 5.41) is 3.28. The average Bonchev–Trinajstić information content (AvgIpc) is 2.59. The Labute approximate surface area is 156 Å². The van der Waals surface area contributed by atoms with Crippen LogP contribution in [0, 0.1) is 0 Å². The van der Waals surface area contributed by atoms with E-state index < -0.39 is 7.26 Å². The van der Waals surface area contributed by atoms with Crippen molar-refractivity contribution in [2.45, 2.75) is 0 Å². The van der Waals surface area contributed by atoms with Crippen LogP contribution in [0.2, 0.25) is 0 Å². The number of benzene rings is 3. The van der Waals surface area contributed by atoms with Crippen molar-refractivity contribution in [2.75, 3.05) is 0 Å². The summed E-state index contributed by atoms with van der Waals surface area (Å²) < 4.78 is 0. The predicted molar refractivity (Wildman–Crippen MR) is 99.1 cm³/mol. The van der Waals surface area contributed by atoms with Crippen LogP contribution in [0.3, 0.4) is 0 Å². The van der Waals surface area contributed by atoms with Crippen molar-refractivity contribution >= 4 is 41.6 Å². The Balaban J connectivity index is 0.00000132. The van der Waals surface area contributed by atoms with Crippen LogP contribution in [0.1, 0.15) is 0 Å². The molecule has 0 radical (unpaired) electrons. The molecule has 1 nitrogen and oxygen atoms in total. The second kappa shape index (κ2) is 9.09. The van der Waals surface area contributed by atoms with E-state index in [4.69, 9.17) is 0 Å². The molecule has 0 saturated carbocycles. The molecule has 0 aliphatic heterocycles. The molecule has 0 N–H and O–H groups in total. The molecular weight excluding hydrogens is 412 g/mol. The molecule has 0 aliphatic rings. The van der Waals surface area contributed by atoms with E-state index in [9.17, 15) is 4.79 Å². The van der Waals surface area contributed by atoms with Gasteiger partial charge in [-0.1, -0.05) is 54.6 Å². The molecule has 0 unspecified atom stereocenters. The van der Waals surface area contributed by atoms with E-state index in [0.29, 0.717) is 0 Å². The molecular formula is C19H17ClOPRu+. The van der Waals surface area contributed by atoms with Gasteiger partial charge in [0, 0.05) is 19.5 Å². The summed E-state index contributed by atoms with van der Waals surface area (Å²) in [6, 6.07) is 31.5. The Morgan fingerprint density at radius 1 is 0.565 bits per heavy atom. The van der Waals surface area contributed by atoms with E-state index in [0.717, 1.165) is 21.9 Å². The molecule has 23 heavy (non-hydrogen) atoms. The fourth-order valence-electron chi connectivity index (χ4n) is 2.62. The predicted octanol–water partition coefficient (Wildman–Crippen LogP) is 3.59. The minimum atomic E-state index is -2.21. The molecule has 0 atom stereocenters. The second-order valence-corrected chi connectivity index (χ2v) is 8.04. The zero-order valence-electron chi connectivity index (χ0n) is 12.4. The van der Waals surface area contributed by atoms with E-state index in [1.54, 1.807) is 0 Å². The molecule has 3 aromatic rings. The number of hydrogen-bond donors (Lipinski definition) is 0. The van der Waals surface area contributed by atoms with E-state index in [1.165, 1.54) is 0 Å². The zero-order valence-corrected chi connectivity index (χ0v) is 15.8.